The van der Waals surface area contributed by atoms with Crippen molar-refractivity contribution in [1.29, 1.82) is 0 Å². The van der Waals surface area contributed by atoms with Crippen molar-refractivity contribution in [2.75, 3.05) is 43.1 Å². The van der Waals surface area contributed by atoms with E-state index in [4.69, 9.17) is 4.74 Å². The van der Waals surface area contributed by atoms with E-state index < -0.39 is 27.1 Å². The number of rotatable bonds is 11. The number of fused-ring (bicyclic) bond motifs is 7. The molecule has 0 spiro atoms. The Morgan fingerprint density at radius 3 is 2.12 bits per heavy atom. The molecule has 7 aliphatic carbocycles. The molecule has 13 atom stereocenters. The van der Waals surface area contributed by atoms with Gasteiger partial charge < -0.3 is 15.2 Å². The van der Waals surface area contributed by atoms with Gasteiger partial charge in [0.1, 0.15) is 6.10 Å². The van der Waals surface area contributed by atoms with E-state index >= 15 is 0 Å². The predicted molar refractivity (Wildman–Crippen MR) is 230 cm³/mol. The molecule has 1 unspecified atom stereocenters. The molecule has 8 aliphatic rings. The van der Waals surface area contributed by atoms with Crippen LogP contribution in [0.3, 0.4) is 0 Å². The Balaban J connectivity index is 1.02. The van der Waals surface area contributed by atoms with Crippen LogP contribution >= 0.6 is 11.8 Å². The zero-order valence-electron chi connectivity index (χ0n) is 37.1. The molecule has 0 amide bonds. The number of aliphatic carboxylic acids is 1. The van der Waals surface area contributed by atoms with Gasteiger partial charge in [0.25, 0.3) is 0 Å². The van der Waals surface area contributed by atoms with Crippen LogP contribution in [0.1, 0.15) is 145 Å². The van der Waals surface area contributed by atoms with Crippen molar-refractivity contribution in [3.05, 3.63) is 0 Å². The summed E-state index contributed by atoms with van der Waals surface area (Å²) in [5.74, 6) is 3.20. The number of hydrogen-bond donors (Lipinski definition) is 2. The van der Waals surface area contributed by atoms with Crippen LogP contribution in [0.15, 0.2) is 0 Å². The Morgan fingerprint density at radius 1 is 0.789 bits per heavy atom. The molecule has 1 saturated heterocycles. The van der Waals surface area contributed by atoms with Gasteiger partial charge >= 0.3 is 11.9 Å². The number of sulfone groups is 1. The van der Waals surface area contributed by atoms with Crippen molar-refractivity contribution in [1.82, 2.24) is 10.2 Å². The standard InChI is InChI=1S/C47H78N2O6S2/c1-41(2)33(39(50)51)28-34(41)40(52)55-37-14-16-44(6)35(42(37,3)4)13-17-46(8)36(44)11-10-32-38-31(43(5)19-20-43)12-18-47(38,22-21-45(32,46)7)48-29-30(15-25-56-9)49-23-26-57(53,54)27-24-49/h30-38,48H,10-29H2,1-9H3,(H,50,51)/t30?,31-,32-,33+,34-,35+,36-,37+,38-,44+,45-,46-,47+/m1/s1. The molecule has 324 valence electrons. The molecule has 8 rings (SSSR count). The third-order valence-corrected chi connectivity index (χ3v) is 22.9. The number of carbonyl (C=O) groups is 2. The molecule has 1 heterocycles. The summed E-state index contributed by atoms with van der Waals surface area (Å²) in [6.45, 7) is 21.6. The monoisotopic (exact) mass is 831 g/mol. The van der Waals surface area contributed by atoms with Gasteiger partial charge in [0, 0.05) is 36.6 Å². The van der Waals surface area contributed by atoms with Crippen molar-refractivity contribution in [3.63, 3.8) is 0 Å². The number of carbonyl (C=O) groups excluding carboxylic acids is 1. The number of ether oxygens (including phenoxy) is 1. The molecule has 2 N–H and O–H groups in total. The van der Waals surface area contributed by atoms with E-state index in [0.717, 1.165) is 37.5 Å². The van der Waals surface area contributed by atoms with Gasteiger partial charge in [-0.25, -0.2) is 8.42 Å². The van der Waals surface area contributed by atoms with Crippen LogP contribution in [-0.2, 0) is 24.2 Å². The lowest BCUT2D eigenvalue weighted by Crippen LogP contribution is -2.69. The Bertz CT molecular complexity index is 1680. The van der Waals surface area contributed by atoms with Crippen molar-refractivity contribution in [2.24, 2.45) is 73.9 Å². The molecule has 0 aromatic heterocycles. The molecular weight excluding hydrogens is 753 g/mol. The van der Waals surface area contributed by atoms with Crippen LogP contribution in [0.5, 0.6) is 0 Å². The largest absolute Gasteiger partial charge is 0.481 e. The van der Waals surface area contributed by atoms with Crippen LogP contribution in [0.25, 0.3) is 0 Å². The van der Waals surface area contributed by atoms with Crippen LogP contribution in [0.4, 0.5) is 0 Å². The summed E-state index contributed by atoms with van der Waals surface area (Å²) < 4.78 is 31.3. The predicted octanol–water partition coefficient (Wildman–Crippen LogP) is 8.72. The number of nitrogens with one attached hydrogen (secondary N) is 1. The van der Waals surface area contributed by atoms with E-state index in [9.17, 15) is 23.1 Å². The Morgan fingerprint density at radius 2 is 1.49 bits per heavy atom. The molecular formula is C47H78N2O6S2. The van der Waals surface area contributed by atoms with E-state index in [1.165, 1.54) is 64.2 Å². The van der Waals surface area contributed by atoms with Crippen molar-refractivity contribution >= 4 is 33.5 Å². The highest BCUT2D eigenvalue weighted by Crippen LogP contribution is 2.78. The van der Waals surface area contributed by atoms with E-state index in [-0.39, 0.29) is 45.2 Å². The molecule has 10 heteroatoms. The SMILES string of the molecule is CSCCC(CN[C@]12CC[C@@H](C3(C)CC3)[C@@H]1[C@H]1CC[C@@H]3[C@@]4(C)CC[C@H](OC(=O)[C@H]5C[C@@H](C(=O)O)C5(C)C)C(C)(C)[C@@H]4CC[C@@]3(C)[C@]1(C)CC2)N1CCS(=O)(=O)CC1. The zero-order valence-corrected chi connectivity index (χ0v) is 38.7. The lowest BCUT2D eigenvalue weighted by atomic mass is 9.32. The first-order chi connectivity index (χ1) is 26.6. The van der Waals surface area contributed by atoms with Gasteiger partial charge in [0.05, 0.1) is 23.3 Å². The highest BCUT2D eigenvalue weighted by Gasteiger charge is 2.72. The second-order valence-corrected chi connectivity index (χ2v) is 26.7. The molecule has 0 aromatic carbocycles. The first kappa shape index (κ1) is 42.8. The lowest BCUT2D eigenvalue weighted by molar-refractivity contribution is -0.249. The Kier molecular flexibility index (Phi) is 10.8. The summed E-state index contributed by atoms with van der Waals surface area (Å²) in [6.07, 6.45) is 18.5. The van der Waals surface area contributed by atoms with Crippen LogP contribution in [0.2, 0.25) is 0 Å². The van der Waals surface area contributed by atoms with Gasteiger partial charge in [-0.2, -0.15) is 11.8 Å². The summed E-state index contributed by atoms with van der Waals surface area (Å²) in [4.78, 5) is 28.0. The van der Waals surface area contributed by atoms with Crippen molar-refractivity contribution in [3.8, 4) is 0 Å². The van der Waals surface area contributed by atoms with Gasteiger partial charge in [-0.3, -0.25) is 14.5 Å². The van der Waals surface area contributed by atoms with Crippen LogP contribution in [-0.4, -0.2) is 91.2 Å². The molecule has 0 radical (unpaired) electrons. The smallest absolute Gasteiger partial charge is 0.309 e. The molecule has 0 bridgehead atoms. The van der Waals surface area contributed by atoms with E-state index in [1.807, 2.05) is 25.6 Å². The Hall–Kier alpha value is -0.840. The quantitative estimate of drug-likeness (QED) is 0.198. The lowest BCUT2D eigenvalue weighted by Gasteiger charge is -2.73. The van der Waals surface area contributed by atoms with Gasteiger partial charge in [-0.1, -0.05) is 55.4 Å². The normalized spacial score (nSPS) is 46.9. The van der Waals surface area contributed by atoms with Gasteiger partial charge in [0.15, 0.2) is 9.84 Å². The minimum atomic E-state index is -2.91. The number of carboxylic acids is 1. The molecule has 0 aromatic rings. The second-order valence-electron chi connectivity index (χ2n) is 23.4. The minimum absolute atomic E-state index is 0.131. The third-order valence-electron chi connectivity index (χ3n) is 20.7. The zero-order chi connectivity index (χ0) is 41.2. The first-order valence-corrected chi connectivity index (χ1v) is 26.4. The van der Waals surface area contributed by atoms with E-state index in [1.54, 1.807) is 0 Å². The van der Waals surface area contributed by atoms with Crippen LogP contribution < -0.4 is 5.32 Å². The number of nitrogens with zero attached hydrogens (tertiary/aromatic N) is 1. The summed E-state index contributed by atoms with van der Waals surface area (Å²) in [6, 6.07) is 0.384. The molecule has 1 aliphatic heterocycles. The average molecular weight is 831 g/mol. The topological polar surface area (TPSA) is 113 Å². The number of thioether (sulfide) groups is 1. The second kappa shape index (κ2) is 14.4. The van der Waals surface area contributed by atoms with Gasteiger partial charge in [-0.05, 0) is 159 Å². The van der Waals surface area contributed by atoms with Gasteiger partial charge in [0.2, 0.25) is 0 Å². The van der Waals surface area contributed by atoms with Crippen molar-refractivity contribution in [2.45, 2.75) is 163 Å². The maximum absolute atomic E-state index is 13.7. The molecule has 8 fully saturated rings. The molecule has 7 saturated carbocycles. The third kappa shape index (κ3) is 6.65. The van der Waals surface area contributed by atoms with Gasteiger partial charge in [-0.15, -0.1) is 0 Å². The fraction of sp³-hybridized carbons (Fsp3) is 0.957. The maximum atomic E-state index is 13.7. The summed E-state index contributed by atoms with van der Waals surface area (Å²) in [5, 5.41) is 14.1. The fourth-order valence-corrected chi connectivity index (χ4v) is 18.2. The number of carboxylic acid groups (broad SMARTS) is 1. The first-order valence-electron chi connectivity index (χ1n) is 23.2. The fourth-order valence-electron chi connectivity index (χ4n) is 16.5. The molecule has 8 nitrogen and oxygen atoms in total. The Labute approximate surface area is 350 Å². The summed E-state index contributed by atoms with van der Waals surface area (Å²) in [5.41, 5.74) is 0.658. The number of hydrogen-bond acceptors (Lipinski definition) is 8. The maximum Gasteiger partial charge on any atom is 0.309 e. The molecule has 57 heavy (non-hydrogen) atoms. The van der Waals surface area contributed by atoms with Crippen LogP contribution in [0, 0.1) is 73.9 Å². The average Bonchev–Trinajstić information content (AvgIpc) is 3.75. The summed E-state index contributed by atoms with van der Waals surface area (Å²) >= 11 is 1.91. The van der Waals surface area contributed by atoms with Crippen molar-refractivity contribution < 1.29 is 27.9 Å². The highest BCUT2D eigenvalue weighted by atomic mass is 32.2. The van der Waals surface area contributed by atoms with E-state index in [2.05, 4.69) is 58.0 Å². The minimum Gasteiger partial charge on any atom is -0.481 e. The van der Waals surface area contributed by atoms with E-state index in [0.29, 0.717) is 66.1 Å². The number of esters is 1. The summed E-state index contributed by atoms with van der Waals surface area (Å²) in [7, 11) is -2.91. The highest BCUT2D eigenvalue weighted by molar-refractivity contribution is 7.98.